The minimum atomic E-state index is -0.480. The molecule has 0 unspecified atom stereocenters. The SMILES string of the molecule is CNCC(=O)c1cc(C(=O)OC)ccc1OC. The summed E-state index contributed by atoms with van der Waals surface area (Å²) in [5.41, 5.74) is 0.692. The molecular weight excluding hydrogens is 222 g/mol. The van der Waals surface area contributed by atoms with Crippen LogP contribution >= 0.6 is 0 Å². The highest BCUT2D eigenvalue weighted by Gasteiger charge is 2.15. The van der Waals surface area contributed by atoms with E-state index in [1.165, 1.54) is 20.3 Å². The fourth-order valence-corrected chi connectivity index (χ4v) is 1.43. The third-order valence-electron chi connectivity index (χ3n) is 2.26. The lowest BCUT2D eigenvalue weighted by molar-refractivity contribution is 0.0600. The van der Waals surface area contributed by atoms with Gasteiger partial charge in [0.1, 0.15) is 5.75 Å². The maximum Gasteiger partial charge on any atom is 0.337 e. The molecule has 0 saturated carbocycles. The summed E-state index contributed by atoms with van der Waals surface area (Å²) in [6, 6.07) is 4.61. The Morgan fingerprint density at radius 3 is 2.53 bits per heavy atom. The molecule has 5 heteroatoms. The molecule has 0 aromatic heterocycles. The second-order valence-electron chi connectivity index (χ2n) is 3.36. The zero-order chi connectivity index (χ0) is 12.8. The van der Waals surface area contributed by atoms with Crippen LogP contribution in [0.5, 0.6) is 5.75 Å². The number of hydrogen-bond acceptors (Lipinski definition) is 5. The Morgan fingerprint density at radius 1 is 1.29 bits per heavy atom. The van der Waals surface area contributed by atoms with E-state index in [1.54, 1.807) is 19.2 Å². The van der Waals surface area contributed by atoms with Crippen LogP contribution in [-0.2, 0) is 4.74 Å². The highest BCUT2D eigenvalue weighted by Crippen LogP contribution is 2.20. The van der Waals surface area contributed by atoms with Gasteiger partial charge in [-0.15, -0.1) is 0 Å². The number of carbonyl (C=O) groups is 2. The Labute approximate surface area is 99.7 Å². The lowest BCUT2D eigenvalue weighted by Crippen LogP contribution is -2.19. The Morgan fingerprint density at radius 2 is 2.00 bits per heavy atom. The summed E-state index contributed by atoms with van der Waals surface area (Å²) in [6.45, 7) is 0.182. The molecule has 0 aliphatic heterocycles. The molecule has 17 heavy (non-hydrogen) atoms. The van der Waals surface area contributed by atoms with Crippen LogP contribution in [0.3, 0.4) is 0 Å². The molecule has 1 aromatic rings. The number of Topliss-reactive ketones (excluding diaryl/α,β-unsaturated/α-hetero) is 1. The highest BCUT2D eigenvalue weighted by atomic mass is 16.5. The number of methoxy groups -OCH3 is 2. The maximum atomic E-state index is 11.8. The minimum absolute atomic E-state index is 0.143. The van der Waals surface area contributed by atoms with Crippen LogP contribution < -0.4 is 10.1 Å². The summed E-state index contributed by atoms with van der Waals surface area (Å²) < 4.78 is 9.68. The standard InChI is InChI=1S/C12H15NO4/c1-13-7-10(14)9-6-8(12(15)17-3)4-5-11(9)16-2/h4-6,13H,7H2,1-3H3. The summed E-state index contributed by atoms with van der Waals surface area (Å²) in [4.78, 5) is 23.1. The summed E-state index contributed by atoms with van der Waals surface area (Å²) >= 11 is 0. The molecule has 0 aliphatic carbocycles. The molecule has 1 aromatic carbocycles. The van der Waals surface area contributed by atoms with E-state index in [9.17, 15) is 9.59 Å². The van der Waals surface area contributed by atoms with Gasteiger partial charge in [0.05, 0.1) is 31.9 Å². The lowest BCUT2D eigenvalue weighted by atomic mass is 10.1. The monoisotopic (exact) mass is 237 g/mol. The molecule has 0 spiro atoms. The van der Waals surface area contributed by atoms with Crippen molar-refractivity contribution in [3.63, 3.8) is 0 Å². The van der Waals surface area contributed by atoms with Crippen molar-refractivity contribution in [3.05, 3.63) is 29.3 Å². The number of ether oxygens (including phenoxy) is 2. The molecule has 0 saturated heterocycles. The smallest absolute Gasteiger partial charge is 0.337 e. The van der Waals surface area contributed by atoms with E-state index in [2.05, 4.69) is 10.1 Å². The lowest BCUT2D eigenvalue weighted by Gasteiger charge is -2.09. The largest absolute Gasteiger partial charge is 0.496 e. The van der Waals surface area contributed by atoms with Gasteiger partial charge in [-0.3, -0.25) is 4.79 Å². The van der Waals surface area contributed by atoms with Gasteiger partial charge in [-0.25, -0.2) is 4.79 Å². The maximum absolute atomic E-state index is 11.8. The third kappa shape index (κ3) is 3.04. The number of ketones is 1. The van der Waals surface area contributed by atoms with Gasteiger partial charge in [-0.05, 0) is 25.2 Å². The Balaban J connectivity index is 3.15. The number of hydrogen-bond donors (Lipinski definition) is 1. The Hall–Kier alpha value is -1.88. The van der Waals surface area contributed by atoms with Crippen LogP contribution in [-0.4, -0.2) is 39.6 Å². The van der Waals surface area contributed by atoms with E-state index in [0.717, 1.165) is 0 Å². The summed E-state index contributed by atoms with van der Waals surface area (Å²) in [5.74, 6) is -0.181. The molecule has 1 rings (SSSR count). The van der Waals surface area contributed by atoms with Gasteiger partial charge in [0.15, 0.2) is 5.78 Å². The molecule has 92 valence electrons. The average Bonchev–Trinajstić information content (AvgIpc) is 2.37. The predicted octanol–water partition coefficient (Wildman–Crippen LogP) is 0.884. The second-order valence-corrected chi connectivity index (χ2v) is 3.36. The van der Waals surface area contributed by atoms with Crippen LogP contribution in [0.15, 0.2) is 18.2 Å². The van der Waals surface area contributed by atoms with Crippen molar-refractivity contribution in [2.45, 2.75) is 0 Å². The van der Waals surface area contributed by atoms with Gasteiger partial charge >= 0.3 is 5.97 Å². The predicted molar refractivity (Wildman–Crippen MR) is 62.6 cm³/mol. The van der Waals surface area contributed by atoms with Crippen molar-refractivity contribution in [3.8, 4) is 5.75 Å². The summed E-state index contributed by atoms with van der Waals surface area (Å²) in [7, 11) is 4.44. The van der Waals surface area contributed by atoms with Crippen molar-refractivity contribution >= 4 is 11.8 Å². The molecule has 0 amide bonds. The molecule has 5 nitrogen and oxygen atoms in total. The normalized spacial score (nSPS) is 9.82. The van der Waals surface area contributed by atoms with E-state index in [0.29, 0.717) is 16.9 Å². The van der Waals surface area contributed by atoms with Gasteiger partial charge in [0.25, 0.3) is 0 Å². The molecule has 0 aliphatic rings. The van der Waals surface area contributed by atoms with Gasteiger partial charge < -0.3 is 14.8 Å². The zero-order valence-electron chi connectivity index (χ0n) is 10.1. The number of carbonyl (C=O) groups excluding carboxylic acids is 2. The average molecular weight is 237 g/mol. The van der Waals surface area contributed by atoms with Gasteiger partial charge in [0.2, 0.25) is 0 Å². The quantitative estimate of drug-likeness (QED) is 0.608. The molecule has 0 radical (unpaired) electrons. The summed E-state index contributed by atoms with van der Waals surface area (Å²) in [5, 5.41) is 2.76. The Kier molecular flexibility index (Phi) is 4.66. The van der Waals surface area contributed by atoms with Crippen LogP contribution in [0.1, 0.15) is 20.7 Å². The van der Waals surface area contributed by atoms with Gasteiger partial charge in [-0.1, -0.05) is 0 Å². The van der Waals surface area contributed by atoms with Gasteiger partial charge in [0, 0.05) is 0 Å². The number of nitrogens with one attached hydrogen (secondary N) is 1. The van der Waals surface area contributed by atoms with E-state index >= 15 is 0 Å². The molecule has 0 atom stereocenters. The van der Waals surface area contributed by atoms with Crippen molar-refractivity contribution in [1.29, 1.82) is 0 Å². The van der Waals surface area contributed by atoms with Crippen LogP contribution in [0.25, 0.3) is 0 Å². The van der Waals surface area contributed by atoms with Crippen molar-refractivity contribution in [1.82, 2.24) is 5.32 Å². The number of likely N-dealkylation sites (N-methyl/N-ethyl adjacent to an activating group) is 1. The zero-order valence-corrected chi connectivity index (χ0v) is 10.1. The van der Waals surface area contributed by atoms with Crippen LogP contribution in [0.4, 0.5) is 0 Å². The minimum Gasteiger partial charge on any atom is -0.496 e. The fourth-order valence-electron chi connectivity index (χ4n) is 1.43. The highest BCUT2D eigenvalue weighted by molar-refractivity contribution is 6.02. The van der Waals surface area contributed by atoms with E-state index in [-0.39, 0.29) is 12.3 Å². The van der Waals surface area contributed by atoms with Crippen molar-refractivity contribution in [2.24, 2.45) is 0 Å². The first-order chi connectivity index (χ1) is 8.13. The van der Waals surface area contributed by atoms with E-state index < -0.39 is 5.97 Å². The third-order valence-corrected chi connectivity index (χ3v) is 2.26. The topological polar surface area (TPSA) is 64.6 Å². The molecular formula is C12H15NO4. The fraction of sp³-hybridized carbons (Fsp3) is 0.333. The first kappa shape index (κ1) is 13.2. The summed E-state index contributed by atoms with van der Waals surface area (Å²) in [6.07, 6.45) is 0. The first-order valence-electron chi connectivity index (χ1n) is 5.08. The number of esters is 1. The molecule has 0 bridgehead atoms. The number of benzene rings is 1. The second kappa shape index (κ2) is 6.00. The first-order valence-corrected chi connectivity index (χ1v) is 5.08. The van der Waals surface area contributed by atoms with Crippen LogP contribution in [0, 0.1) is 0 Å². The molecule has 1 N–H and O–H groups in total. The van der Waals surface area contributed by atoms with Crippen molar-refractivity contribution in [2.75, 3.05) is 27.8 Å². The number of rotatable bonds is 5. The van der Waals surface area contributed by atoms with E-state index in [1.807, 2.05) is 0 Å². The van der Waals surface area contributed by atoms with Crippen LogP contribution in [0.2, 0.25) is 0 Å². The van der Waals surface area contributed by atoms with Crippen molar-refractivity contribution < 1.29 is 19.1 Å². The van der Waals surface area contributed by atoms with E-state index in [4.69, 9.17) is 4.74 Å². The van der Waals surface area contributed by atoms with Gasteiger partial charge in [-0.2, -0.15) is 0 Å². The molecule has 0 fully saturated rings. The molecule has 0 heterocycles. The Bertz CT molecular complexity index is 429.